The zero-order valence-corrected chi connectivity index (χ0v) is 9.20. The Morgan fingerprint density at radius 2 is 2.00 bits per heavy atom. The van der Waals surface area contributed by atoms with Crippen molar-refractivity contribution in [3.05, 3.63) is 0 Å². The smallest absolute Gasteiger partial charge is 0.281 e. The van der Waals surface area contributed by atoms with Crippen molar-refractivity contribution in [2.75, 3.05) is 26.7 Å². The van der Waals surface area contributed by atoms with Gasteiger partial charge in [0.05, 0.1) is 0 Å². The first-order chi connectivity index (χ1) is 6.55. The fourth-order valence-corrected chi connectivity index (χ4v) is 3.64. The van der Waals surface area contributed by atoms with E-state index in [0.29, 0.717) is 19.6 Å². The maximum atomic E-state index is 11.9. The van der Waals surface area contributed by atoms with E-state index in [0.717, 1.165) is 12.8 Å². The summed E-state index contributed by atoms with van der Waals surface area (Å²) in [5, 5.41) is 0. The van der Waals surface area contributed by atoms with E-state index in [1.165, 1.54) is 4.31 Å². The molecule has 1 saturated carbocycles. The van der Waals surface area contributed by atoms with Crippen molar-refractivity contribution in [3.63, 3.8) is 0 Å². The molecule has 2 N–H and O–H groups in total. The summed E-state index contributed by atoms with van der Waals surface area (Å²) in [4.78, 5) is 0. The molecular weight excluding hydrogens is 202 g/mol. The molecule has 14 heavy (non-hydrogen) atoms. The van der Waals surface area contributed by atoms with E-state index in [1.807, 2.05) is 0 Å². The fourth-order valence-electron chi connectivity index (χ4n) is 1.89. The molecule has 1 atom stereocenters. The predicted molar refractivity (Wildman–Crippen MR) is 53.8 cm³/mol. The molecule has 2 fully saturated rings. The number of nitrogens with two attached hydrogens (primary N) is 1. The van der Waals surface area contributed by atoms with Crippen molar-refractivity contribution in [2.24, 2.45) is 11.7 Å². The molecule has 0 spiro atoms. The summed E-state index contributed by atoms with van der Waals surface area (Å²) in [6.45, 7) is 1.72. The minimum Gasteiger partial charge on any atom is -0.330 e. The molecule has 5 nitrogen and oxygen atoms in total. The highest BCUT2D eigenvalue weighted by molar-refractivity contribution is 7.86. The van der Waals surface area contributed by atoms with Crippen molar-refractivity contribution in [1.82, 2.24) is 8.61 Å². The van der Waals surface area contributed by atoms with Crippen molar-refractivity contribution in [3.8, 4) is 0 Å². The zero-order valence-electron chi connectivity index (χ0n) is 8.39. The van der Waals surface area contributed by atoms with E-state index < -0.39 is 10.2 Å². The number of nitrogens with zero attached hydrogens (tertiary/aromatic N) is 2. The lowest BCUT2D eigenvalue weighted by Crippen LogP contribution is -2.54. The summed E-state index contributed by atoms with van der Waals surface area (Å²) >= 11 is 0. The average Bonchev–Trinajstić information content (AvgIpc) is 2.92. The summed E-state index contributed by atoms with van der Waals surface area (Å²) in [6, 6.07) is 0.247. The third-order valence-electron chi connectivity index (χ3n) is 2.93. The molecule has 1 unspecified atom stereocenters. The Bertz CT molecular complexity index is 313. The van der Waals surface area contributed by atoms with Gasteiger partial charge in [0.2, 0.25) is 0 Å². The van der Waals surface area contributed by atoms with Gasteiger partial charge >= 0.3 is 0 Å². The minimum atomic E-state index is -3.17. The maximum Gasteiger partial charge on any atom is 0.281 e. The van der Waals surface area contributed by atoms with Gasteiger partial charge in [-0.05, 0) is 25.3 Å². The van der Waals surface area contributed by atoms with Crippen molar-refractivity contribution < 1.29 is 8.42 Å². The lowest BCUT2D eigenvalue weighted by atomic mass is 10.1. The Balaban J connectivity index is 2.18. The molecule has 2 rings (SSSR count). The van der Waals surface area contributed by atoms with Crippen LogP contribution in [-0.2, 0) is 10.2 Å². The standard InChI is InChI=1S/C8H17N3O2S/c1-10-5-7(4-9)6-11(8-2-3-8)14(10,12)13/h7-8H,2-6,9H2,1H3. The Hall–Kier alpha value is -0.170. The Kier molecular flexibility index (Phi) is 2.55. The van der Waals surface area contributed by atoms with Gasteiger partial charge in [-0.1, -0.05) is 0 Å². The normalized spacial score (nSPS) is 34.6. The van der Waals surface area contributed by atoms with Gasteiger partial charge in [-0.2, -0.15) is 17.0 Å². The fraction of sp³-hybridized carbons (Fsp3) is 1.00. The van der Waals surface area contributed by atoms with Gasteiger partial charge in [0.15, 0.2) is 0 Å². The summed E-state index contributed by atoms with van der Waals surface area (Å²) in [7, 11) is -1.54. The van der Waals surface area contributed by atoms with E-state index in [9.17, 15) is 8.42 Å². The van der Waals surface area contributed by atoms with Crippen LogP contribution < -0.4 is 5.73 Å². The molecule has 1 aliphatic carbocycles. The second-order valence-electron chi connectivity index (χ2n) is 4.19. The number of hydrogen-bond acceptors (Lipinski definition) is 3. The lowest BCUT2D eigenvalue weighted by molar-refractivity contribution is 0.241. The summed E-state index contributed by atoms with van der Waals surface area (Å²) < 4.78 is 26.8. The first-order valence-corrected chi connectivity index (χ1v) is 6.38. The van der Waals surface area contributed by atoms with Crippen LogP contribution in [0.2, 0.25) is 0 Å². The molecule has 0 aromatic rings. The van der Waals surface area contributed by atoms with Gasteiger partial charge in [-0.15, -0.1) is 0 Å². The van der Waals surface area contributed by atoms with Gasteiger partial charge in [0, 0.05) is 26.2 Å². The van der Waals surface area contributed by atoms with Crippen LogP contribution in [0.4, 0.5) is 0 Å². The largest absolute Gasteiger partial charge is 0.330 e. The summed E-state index contributed by atoms with van der Waals surface area (Å²) in [5.74, 6) is 0.282. The van der Waals surface area contributed by atoms with Gasteiger partial charge in [-0.25, -0.2) is 0 Å². The van der Waals surface area contributed by atoms with Crippen LogP contribution in [0, 0.1) is 5.92 Å². The van der Waals surface area contributed by atoms with Crippen molar-refractivity contribution in [1.29, 1.82) is 0 Å². The molecule has 1 aliphatic heterocycles. The van der Waals surface area contributed by atoms with E-state index in [4.69, 9.17) is 5.73 Å². The van der Waals surface area contributed by atoms with E-state index in [1.54, 1.807) is 11.4 Å². The summed E-state index contributed by atoms with van der Waals surface area (Å²) in [5.41, 5.74) is 5.59. The van der Waals surface area contributed by atoms with Gasteiger partial charge in [-0.3, -0.25) is 0 Å². The highest BCUT2D eigenvalue weighted by Crippen LogP contribution is 2.33. The first-order valence-electron chi connectivity index (χ1n) is 4.99. The zero-order chi connectivity index (χ0) is 10.3. The molecule has 1 heterocycles. The molecule has 2 aliphatic rings. The molecule has 0 aromatic heterocycles. The van der Waals surface area contributed by atoms with Gasteiger partial charge in [0.1, 0.15) is 0 Å². The Morgan fingerprint density at radius 3 is 2.50 bits per heavy atom. The topological polar surface area (TPSA) is 66.6 Å². The third-order valence-corrected chi connectivity index (χ3v) is 4.91. The van der Waals surface area contributed by atoms with Crippen LogP contribution in [0.5, 0.6) is 0 Å². The van der Waals surface area contributed by atoms with Crippen LogP contribution in [-0.4, -0.2) is 49.8 Å². The van der Waals surface area contributed by atoms with E-state index in [2.05, 4.69) is 0 Å². The maximum absolute atomic E-state index is 11.9. The molecule has 0 aromatic carbocycles. The first kappa shape index (κ1) is 10.4. The molecule has 82 valence electrons. The minimum absolute atomic E-state index is 0.247. The third kappa shape index (κ3) is 1.67. The van der Waals surface area contributed by atoms with Crippen LogP contribution in [0.15, 0.2) is 0 Å². The predicted octanol–water partition coefficient (Wildman–Crippen LogP) is -0.784. The monoisotopic (exact) mass is 219 g/mol. The number of rotatable bonds is 2. The summed E-state index contributed by atoms with van der Waals surface area (Å²) in [6.07, 6.45) is 2.01. The lowest BCUT2D eigenvalue weighted by Gasteiger charge is -2.37. The van der Waals surface area contributed by atoms with E-state index in [-0.39, 0.29) is 12.0 Å². The second-order valence-corrected chi connectivity index (χ2v) is 6.18. The van der Waals surface area contributed by atoms with Crippen LogP contribution in [0.25, 0.3) is 0 Å². The second kappa shape index (κ2) is 3.44. The average molecular weight is 219 g/mol. The Morgan fingerprint density at radius 1 is 1.36 bits per heavy atom. The quantitative estimate of drug-likeness (QED) is 0.662. The van der Waals surface area contributed by atoms with Crippen LogP contribution in [0.3, 0.4) is 0 Å². The van der Waals surface area contributed by atoms with Crippen molar-refractivity contribution >= 4 is 10.2 Å². The van der Waals surface area contributed by atoms with Gasteiger partial charge in [0.25, 0.3) is 10.2 Å². The molecule has 0 bridgehead atoms. The van der Waals surface area contributed by atoms with E-state index >= 15 is 0 Å². The highest BCUT2D eigenvalue weighted by Gasteiger charge is 2.43. The SMILES string of the molecule is CN1CC(CN)CN(C2CC2)S1(=O)=O. The van der Waals surface area contributed by atoms with Gasteiger partial charge < -0.3 is 5.73 Å². The van der Waals surface area contributed by atoms with Crippen molar-refractivity contribution in [2.45, 2.75) is 18.9 Å². The molecule has 1 saturated heterocycles. The molecular formula is C8H17N3O2S. The molecule has 0 amide bonds. The molecule has 0 radical (unpaired) electrons. The van der Waals surface area contributed by atoms with Crippen LogP contribution in [0.1, 0.15) is 12.8 Å². The number of hydrogen-bond donors (Lipinski definition) is 1. The molecule has 6 heteroatoms. The highest BCUT2D eigenvalue weighted by atomic mass is 32.2. The Labute approximate surface area is 85.0 Å². The van der Waals surface area contributed by atoms with Crippen LogP contribution >= 0.6 is 0 Å².